The van der Waals surface area contributed by atoms with Gasteiger partial charge in [0.2, 0.25) is 0 Å². The van der Waals surface area contributed by atoms with Crippen LogP contribution in [-0.2, 0) is 14.6 Å². The van der Waals surface area contributed by atoms with Crippen LogP contribution in [0.25, 0.3) is 6.08 Å². The summed E-state index contributed by atoms with van der Waals surface area (Å²) in [6.07, 6.45) is 8.96. The first-order valence-electron chi connectivity index (χ1n) is 9.60. The maximum absolute atomic E-state index is 12.1. The van der Waals surface area contributed by atoms with Crippen LogP contribution in [0.1, 0.15) is 52.0 Å². The second kappa shape index (κ2) is 9.31. The van der Waals surface area contributed by atoms with Crippen LogP contribution in [0.5, 0.6) is 0 Å². The van der Waals surface area contributed by atoms with Crippen molar-refractivity contribution in [2.45, 2.75) is 57.0 Å². The number of nitrogens with zero attached hydrogens (tertiary/aromatic N) is 1. The summed E-state index contributed by atoms with van der Waals surface area (Å²) in [6, 6.07) is 4.98. The van der Waals surface area contributed by atoms with E-state index in [9.17, 15) is 13.2 Å². The molecule has 0 atom stereocenters. The highest BCUT2D eigenvalue weighted by Gasteiger charge is 2.26. The lowest BCUT2D eigenvalue weighted by Gasteiger charge is -2.33. The van der Waals surface area contributed by atoms with Crippen molar-refractivity contribution in [1.29, 1.82) is 0 Å². The Kier molecular flexibility index (Phi) is 7.57. The number of carbonyl (C=O) groups excluding carboxylic acids is 1. The van der Waals surface area contributed by atoms with Crippen molar-refractivity contribution < 1.29 is 17.9 Å². The minimum atomic E-state index is -3.30. The van der Waals surface area contributed by atoms with E-state index in [0.29, 0.717) is 5.92 Å². The van der Waals surface area contributed by atoms with Crippen LogP contribution in [0.3, 0.4) is 0 Å². The minimum absolute atomic E-state index is 0.156. The summed E-state index contributed by atoms with van der Waals surface area (Å²) >= 11 is 6.07. The van der Waals surface area contributed by atoms with Crippen LogP contribution in [0.4, 0.5) is 4.79 Å². The van der Waals surface area contributed by atoms with E-state index < -0.39 is 15.4 Å². The van der Waals surface area contributed by atoms with Crippen LogP contribution >= 0.6 is 11.6 Å². The maximum atomic E-state index is 12.1. The van der Waals surface area contributed by atoms with Gasteiger partial charge in [-0.25, -0.2) is 13.2 Å². The number of amides is 1. The monoisotopic (exact) mass is 427 g/mol. The Morgan fingerprint density at radius 2 is 1.93 bits per heavy atom. The van der Waals surface area contributed by atoms with Crippen molar-refractivity contribution in [3.8, 4) is 0 Å². The molecule has 0 unspecified atom stereocenters. The molecule has 0 bridgehead atoms. The van der Waals surface area contributed by atoms with E-state index in [2.05, 4.69) is 6.08 Å². The Labute approximate surface area is 173 Å². The van der Waals surface area contributed by atoms with E-state index in [1.54, 1.807) is 23.1 Å². The second-order valence-corrected chi connectivity index (χ2v) is 10.7. The molecule has 1 aliphatic heterocycles. The number of piperidine rings is 1. The molecule has 1 amide bonds. The highest BCUT2D eigenvalue weighted by molar-refractivity contribution is 7.90. The highest BCUT2D eigenvalue weighted by atomic mass is 35.5. The summed E-state index contributed by atoms with van der Waals surface area (Å²) in [5.41, 5.74) is 0.429. The summed E-state index contributed by atoms with van der Waals surface area (Å²) in [6.45, 7) is 7.13. The fourth-order valence-electron chi connectivity index (χ4n) is 3.20. The van der Waals surface area contributed by atoms with Crippen molar-refractivity contribution in [2.24, 2.45) is 5.92 Å². The fraction of sp³-hybridized carbons (Fsp3) is 0.571. The van der Waals surface area contributed by atoms with E-state index >= 15 is 0 Å². The molecule has 1 fully saturated rings. The molecule has 28 heavy (non-hydrogen) atoms. The Hall–Kier alpha value is -1.53. The molecule has 0 spiro atoms. The lowest BCUT2D eigenvalue weighted by Crippen LogP contribution is -2.41. The molecule has 7 heteroatoms. The minimum Gasteiger partial charge on any atom is -0.444 e. The van der Waals surface area contributed by atoms with Gasteiger partial charge in [0.1, 0.15) is 5.60 Å². The van der Waals surface area contributed by atoms with Gasteiger partial charge in [-0.2, -0.15) is 0 Å². The van der Waals surface area contributed by atoms with Gasteiger partial charge in [0.25, 0.3) is 0 Å². The number of benzene rings is 1. The lowest BCUT2D eigenvalue weighted by atomic mass is 9.92. The predicted molar refractivity (Wildman–Crippen MR) is 113 cm³/mol. The molecule has 1 aromatic carbocycles. The van der Waals surface area contributed by atoms with E-state index in [0.717, 1.165) is 50.6 Å². The van der Waals surface area contributed by atoms with Gasteiger partial charge in [-0.1, -0.05) is 29.8 Å². The van der Waals surface area contributed by atoms with E-state index in [4.69, 9.17) is 16.3 Å². The SMILES string of the molecule is CC(C)(C)OC(=O)N1CCC(CCC=Cc2ccc(S(C)(=O)=O)c(Cl)c2)CC1. The Balaban J connectivity index is 1.77. The number of hydrogen-bond donors (Lipinski definition) is 0. The molecule has 1 saturated heterocycles. The van der Waals surface area contributed by atoms with Crippen LogP contribution in [0.2, 0.25) is 5.02 Å². The van der Waals surface area contributed by atoms with Gasteiger partial charge < -0.3 is 9.64 Å². The number of likely N-dealkylation sites (tertiary alicyclic amines) is 1. The molecule has 0 N–H and O–H groups in total. The van der Waals surface area contributed by atoms with Crippen LogP contribution < -0.4 is 0 Å². The van der Waals surface area contributed by atoms with E-state index in [1.165, 1.54) is 0 Å². The van der Waals surface area contributed by atoms with Crippen molar-refractivity contribution in [1.82, 2.24) is 4.90 Å². The second-order valence-electron chi connectivity index (χ2n) is 8.35. The number of allylic oxidation sites excluding steroid dienone is 1. The number of hydrogen-bond acceptors (Lipinski definition) is 4. The first kappa shape index (κ1) is 22.8. The first-order valence-corrected chi connectivity index (χ1v) is 11.9. The molecule has 156 valence electrons. The molecule has 1 aliphatic rings. The van der Waals surface area contributed by atoms with Crippen molar-refractivity contribution in [2.75, 3.05) is 19.3 Å². The number of halogens is 1. The van der Waals surface area contributed by atoms with Gasteiger partial charge in [-0.15, -0.1) is 0 Å². The molecular formula is C21H30ClNO4S. The molecule has 1 heterocycles. The predicted octanol–water partition coefficient (Wildman–Crippen LogP) is 5.18. The Morgan fingerprint density at radius 3 is 2.46 bits per heavy atom. The zero-order valence-electron chi connectivity index (χ0n) is 17.1. The summed E-state index contributed by atoms with van der Waals surface area (Å²) in [5.74, 6) is 0.597. The van der Waals surface area contributed by atoms with Gasteiger partial charge in [-0.05, 0) is 70.1 Å². The lowest BCUT2D eigenvalue weighted by molar-refractivity contribution is 0.0181. The van der Waals surface area contributed by atoms with Gasteiger partial charge in [0, 0.05) is 19.3 Å². The third-order valence-corrected chi connectivity index (χ3v) is 6.25. The van der Waals surface area contributed by atoms with Gasteiger partial charge in [0.05, 0.1) is 9.92 Å². The first-order chi connectivity index (χ1) is 13.0. The molecule has 0 aromatic heterocycles. The van der Waals surface area contributed by atoms with Gasteiger partial charge >= 0.3 is 6.09 Å². The average Bonchev–Trinajstić information content (AvgIpc) is 2.56. The summed E-state index contributed by atoms with van der Waals surface area (Å²) in [5, 5.41) is 0.249. The van der Waals surface area contributed by atoms with Crippen molar-refractivity contribution in [3.05, 3.63) is 34.9 Å². The zero-order chi connectivity index (χ0) is 20.9. The van der Waals surface area contributed by atoms with Crippen molar-refractivity contribution in [3.63, 3.8) is 0 Å². The van der Waals surface area contributed by atoms with Crippen molar-refractivity contribution >= 4 is 33.6 Å². The van der Waals surface area contributed by atoms with Crippen LogP contribution in [0, 0.1) is 5.92 Å². The molecule has 0 saturated carbocycles. The summed E-state index contributed by atoms with van der Waals surface area (Å²) in [7, 11) is -3.30. The molecule has 0 aliphatic carbocycles. The number of carbonyl (C=O) groups is 1. The summed E-state index contributed by atoms with van der Waals surface area (Å²) < 4.78 is 28.6. The quantitative estimate of drug-likeness (QED) is 0.649. The fourth-order valence-corrected chi connectivity index (χ4v) is 4.54. The third-order valence-electron chi connectivity index (χ3n) is 4.67. The van der Waals surface area contributed by atoms with Crippen LogP contribution in [-0.4, -0.2) is 44.4 Å². The third kappa shape index (κ3) is 7.13. The largest absolute Gasteiger partial charge is 0.444 e. The van der Waals surface area contributed by atoms with E-state index in [-0.39, 0.29) is 16.0 Å². The Morgan fingerprint density at radius 1 is 1.29 bits per heavy atom. The normalized spacial score (nSPS) is 16.5. The average molecular weight is 428 g/mol. The standard InChI is InChI=1S/C21H30ClNO4S/c1-21(2,3)27-20(24)23-13-11-16(12-14-23)7-5-6-8-17-9-10-19(18(22)15-17)28(4,25)26/h6,8-10,15-16H,5,7,11-14H2,1-4H3. The van der Waals surface area contributed by atoms with Gasteiger partial charge in [-0.3, -0.25) is 0 Å². The van der Waals surface area contributed by atoms with Crippen LogP contribution in [0.15, 0.2) is 29.2 Å². The number of rotatable bonds is 5. The highest BCUT2D eigenvalue weighted by Crippen LogP contribution is 2.25. The molecule has 5 nitrogen and oxygen atoms in total. The Bertz CT molecular complexity index is 819. The molecular weight excluding hydrogens is 398 g/mol. The van der Waals surface area contributed by atoms with E-state index in [1.807, 2.05) is 26.8 Å². The zero-order valence-corrected chi connectivity index (χ0v) is 18.6. The summed E-state index contributed by atoms with van der Waals surface area (Å²) in [4.78, 5) is 14.0. The molecule has 2 rings (SSSR count). The molecule has 0 radical (unpaired) electrons. The smallest absolute Gasteiger partial charge is 0.410 e. The maximum Gasteiger partial charge on any atom is 0.410 e. The van der Waals surface area contributed by atoms with Gasteiger partial charge in [0.15, 0.2) is 9.84 Å². The number of sulfone groups is 1. The molecule has 1 aromatic rings. The number of ether oxygens (including phenoxy) is 1. The topological polar surface area (TPSA) is 63.7 Å².